The molecular weight excluding hydrogens is 110 g/mol. The van der Waals surface area contributed by atoms with Gasteiger partial charge in [-0.25, -0.2) is 4.79 Å². The van der Waals surface area contributed by atoms with E-state index in [0.717, 1.165) is 6.08 Å². The first kappa shape index (κ1) is 5.15. The van der Waals surface area contributed by atoms with Crippen molar-refractivity contribution in [2.45, 2.75) is 6.10 Å². The van der Waals surface area contributed by atoms with Crippen molar-refractivity contribution >= 4 is 12.0 Å². The number of hydrogen-bond donors (Lipinski definition) is 0. The fourth-order valence-electron chi connectivity index (χ4n) is 0.308. The summed E-state index contributed by atoms with van der Waals surface area (Å²) in [5.41, 5.74) is 0. The van der Waals surface area contributed by atoms with E-state index >= 15 is 0 Å². The molecule has 42 valence electrons. The van der Waals surface area contributed by atoms with Crippen molar-refractivity contribution in [3.8, 4) is 0 Å². The van der Waals surface area contributed by atoms with E-state index in [9.17, 15) is 9.59 Å². The predicted octanol–water partition coefficient (Wildman–Crippen LogP) is -0.752. The standard InChI is InChI=1S/C4H3NO3/c6-2-5-4(7)3-1-8-3/h3H,1H2. The highest BCUT2D eigenvalue weighted by Crippen LogP contribution is 2.09. The highest BCUT2D eigenvalue weighted by Gasteiger charge is 2.30. The molecule has 1 heterocycles. The van der Waals surface area contributed by atoms with E-state index in [0.29, 0.717) is 6.61 Å². The molecule has 1 saturated heterocycles. The van der Waals surface area contributed by atoms with Crippen molar-refractivity contribution in [2.75, 3.05) is 6.61 Å². The van der Waals surface area contributed by atoms with Crippen LogP contribution in [0.3, 0.4) is 0 Å². The van der Waals surface area contributed by atoms with Crippen LogP contribution in [-0.2, 0) is 14.3 Å². The molecule has 0 aromatic rings. The van der Waals surface area contributed by atoms with Crippen LogP contribution in [0, 0.1) is 0 Å². The largest absolute Gasteiger partial charge is 0.363 e. The smallest absolute Gasteiger partial charge is 0.287 e. The molecule has 0 aliphatic carbocycles. The number of hydrogen-bond acceptors (Lipinski definition) is 3. The Balaban J connectivity index is 2.44. The maximum Gasteiger partial charge on any atom is 0.287 e. The molecule has 4 nitrogen and oxygen atoms in total. The minimum Gasteiger partial charge on any atom is -0.363 e. The third-order valence-corrected chi connectivity index (χ3v) is 0.765. The van der Waals surface area contributed by atoms with Gasteiger partial charge in [0.1, 0.15) is 0 Å². The van der Waals surface area contributed by atoms with Crippen molar-refractivity contribution in [1.82, 2.24) is 0 Å². The van der Waals surface area contributed by atoms with Gasteiger partial charge in [0.15, 0.2) is 6.10 Å². The molecule has 4 heteroatoms. The summed E-state index contributed by atoms with van der Waals surface area (Å²) in [5, 5.41) is 0. The van der Waals surface area contributed by atoms with Crippen molar-refractivity contribution in [3.63, 3.8) is 0 Å². The van der Waals surface area contributed by atoms with Crippen LogP contribution in [0.1, 0.15) is 0 Å². The first-order valence-corrected chi connectivity index (χ1v) is 2.08. The second kappa shape index (κ2) is 1.86. The zero-order chi connectivity index (χ0) is 5.98. The molecule has 0 bridgehead atoms. The number of carbonyl (C=O) groups is 1. The van der Waals surface area contributed by atoms with Gasteiger partial charge in [-0.3, -0.25) is 4.79 Å². The maximum atomic E-state index is 10.3. The molecule has 1 rings (SSSR count). The molecule has 1 aliphatic heterocycles. The molecule has 1 unspecified atom stereocenters. The maximum absolute atomic E-state index is 10.3. The van der Waals surface area contributed by atoms with E-state index in [1.807, 2.05) is 0 Å². The van der Waals surface area contributed by atoms with E-state index in [1.165, 1.54) is 0 Å². The first-order chi connectivity index (χ1) is 3.84. The van der Waals surface area contributed by atoms with Gasteiger partial charge in [-0.2, -0.15) is 0 Å². The van der Waals surface area contributed by atoms with Gasteiger partial charge >= 0.3 is 0 Å². The van der Waals surface area contributed by atoms with E-state index in [-0.39, 0.29) is 0 Å². The zero-order valence-corrected chi connectivity index (χ0v) is 3.96. The van der Waals surface area contributed by atoms with Crippen molar-refractivity contribution in [2.24, 2.45) is 4.99 Å². The SMILES string of the molecule is O=C=NC(=O)C1CO1. The lowest BCUT2D eigenvalue weighted by Gasteiger charge is -1.73. The minimum absolute atomic E-state index is 0.393. The normalized spacial score (nSPS) is 23.8. The molecule has 1 atom stereocenters. The van der Waals surface area contributed by atoms with Gasteiger partial charge in [0.2, 0.25) is 6.08 Å². The Hall–Kier alpha value is -0.990. The second-order valence-corrected chi connectivity index (χ2v) is 1.36. The first-order valence-electron chi connectivity index (χ1n) is 2.08. The van der Waals surface area contributed by atoms with Crippen LogP contribution in [0.5, 0.6) is 0 Å². The lowest BCUT2D eigenvalue weighted by Crippen LogP contribution is -2.00. The van der Waals surface area contributed by atoms with Crippen LogP contribution in [0.15, 0.2) is 4.99 Å². The Labute approximate surface area is 45.2 Å². The second-order valence-electron chi connectivity index (χ2n) is 1.36. The summed E-state index contributed by atoms with van der Waals surface area (Å²) in [6.07, 6.45) is 0.687. The molecule has 1 fully saturated rings. The van der Waals surface area contributed by atoms with Gasteiger partial charge in [0.05, 0.1) is 6.61 Å². The van der Waals surface area contributed by atoms with E-state index in [4.69, 9.17) is 0 Å². The molecule has 0 radical (unpaired) electrons. The number of amides is 1. The lowest BCUT2D eigenvalue weighted by molar-refractivity contribution is -0.118. The molecule has 1 aliphatic rings. The summed E-state index contributed by atoms with van der Waals surface area (Å²) in [4.78, 5) is 22.4. The van der Waals surface area contributed by atoms with Gasteiger partial charge in [-0.05, 0) is 0 Å². The third-order valence-electron chi connectivity index (χ3n) is 0.765. The summed E-state index contributed by atoms with van der Waals surface area (Å²) >= 11 is 0. The fraction of sp³-hybridized carbons (Fsp3) is 0.500. The average Bonchev–Trinajstić information content (AvgIpc) is 2.45. The van der Waals surface area contributed by atoms with Crippen LogP contribution in [0.2, 0.25) is 0 Å². The average molecular weight is 113 g/mol. The molecule has 1 amide bonds. The Kier molecular flexibility index (Phi) is 1.20. The lowest BCUT2D eigenvalue weighted by atomic mass is 10.5. The van der Waals surface area contributed by atoms with Crippen LogP contribution < -0.4 is 0 Å². The Morgan fingerprint density at radius 2 is 2.50 bits per heavy atom. The summed E-state index contributed by atoms with van der Waals surface area (Å²) in [6, 6.07) is 0. The van der Waals surface area contributed by atoms with Gasteiger partial charge in [-0.1, -0.05) is 0 Å². The number of aliphatic imine (C=N–C) groups is 1. The molecule has 0 N–H and O–H groups in total. The Bertz CT molecular complexity index is 155. The Morgan fingerprint density at radius 1 is 1.88 bits per heavy atom. The third kappa shape index (κ3) is 0.992. The highest BCUT2D eigenvalue weighted by molar-refractivity contribution is 5.87. The molecular formula is C4H3NO3. The van der Waals surface area contributed by atoms with Crippen molar-refractivity contribution < 1.29 is 14.3 Å². The topological polar surface area (TPSA) is 59.0 Å². The van der Waals surface area contributed by atoms with Crippen LogP contribution in [0.4, 0.5) is 0 Å². The number of nitrogens with zero attached hydrogens (tertiary/aromatic N) is 1. The summed E-state index contributed by atoms with van der Waals surface area (Å²) < 4.78 is 4.50. The van der Waals surface area contributed by atoms with E-state index in [2.05, 4.69) is 9.73 Å². The summed E-state index contributed by atoms with van der Waals surface area (Å²) in [5.74, 6) is -0.528. The Morgan fingerprint density at radius 3 is 2.88 bits per heavy atom. The van der Waals surface area contributed by atoms with E-state index < -0.39 is 12.0 Å². The minimum atomic E-state index is -0.528. The van der Waals surface area contributed by atoms with Crippen molar-refractivity contribution in [3.05, 3.63) is 0 Å². The van der Waals surface area contributed by atoms with Crippen molar-refractivity contribution in [1.29, 1.82) is 0 Å². The number of epoxide rings is 1. The van der Waals surface area contributed by atoms with Gasteiger partial charge in [-0.15, -0.1) is 4.99 Å². The summed E-state index contributed by atoms with van der Waals surface area (Å²) in [6.45, 7) is 0.393. The number of ether oxygens (including phenoxy) is 1. The predicted molar refractivity (Wildman–Crippen MR) is 22.9 cm³/mol. The zero-order valence-electron chi connectivity index (χ0n) is 3.96. The van der Waals surface area contributed by atoms with Crippen LogP contribution in [0.25, 0.3) is 0 Å². The number of isocyanates is 1. The summed E-state index contributed by atoms with van der Waals surface area (Å²) in [7, 11) is 0. The van der Waals surface area contributed by atoms with Gasteiger partial charge in [0.25, 0.3) is 5.91 Å². The molecule has 8 heavy (non-hydrogen) atoms. The number of carbonyl (C=O) groups excluding carboxylic acids is 2. The molecule has 0 aromatic carbocycles. The van der Waals surface area contributed by atoms with E-state index in [1.54, 1.807) is 0 Å². The molecule has 0 spiro atoms. The highest BCUT2D eigenvalue weighted by atomic mass is 16.6. The van der Waals surface area contributed by atoms with Crippen LogP contribution in [-0.4, -0.2) is 24.7 Å². The van der Waals surface area contributed by atoms with Crippen LogP contribution >= 0.6 is 0 Å². The van der Waals surface area contributed by atoms with Gasteiger partial charge < -0.3 is 4.74 Å². The number of rotatable bonds is 1. The molecule has 0 aromatic heterocycles. The molecule has 0 saturated carbocycles. The fourth-order valence-corrected chi connectivity index (χ4v) is 0.308. The quantitative estimate of drug-likeness (QED) is 0.255. The monoisotopic (exact) mass is 113 g/mol. The van der Waals surface area contributed by atoms with Gasteiger partial charge in [0, 0.05) is 0 Å².